The standard InChI is InChI=1S/C29H38N2O3/c1-18-6-11-27(28(32)30-18)31-15-24-13-19(7-10-25(24)29(31)33)12-20-4-2-3-5-21(20)14-26-22-8-9-23(26)17-34-16-22/h7,10,13,20-23,26-27H,1-6,8-9,11-12,14-17H2,(H,30,32)/t20-,21-,22?,23?,26?,27?/m1/s1. The highest BCUT2D eigenvalue weighted by atomic mass is 16.5. The summed E-state index contributed by atoms with van der Waals surface area (Å²) in [5.74, 6) is 3.95. The topological polar surface area (TPSA) is 58.6 Å². The Morgan fingerprint density at radius 3 is 2.53 bits per heavy atom. The zero-order chi connectivity index (χ0) is 23.2. The number of hydrogen-bond donors (Lipinski definition) is 1. The summed E-state index contributed by atoms with van der Waals surface area (Å²) in [5, 5.41) is 2.83. The van der Waals surface area contributed by atoms with Gasteiger partial charge in [0.1, 0.15) is 6.04 Å². The molecule has 0 aromatic heterocycles. The first-order valence-electron chi connectivity index (χ1n) is 13.6. The van der Waals surface area contributed by atoms with Gasteiger partial charge in [-0.3, -0.25) is 9.59 Å². The van der Waals surface area contributed by atoms with Crippen molar-refractivity contribution in [3.05, 3.63) is 47.2 Å². The number of carbonyl (C=O) groups is 2. The first-order valence-corrected chi connectivity index (χ1v) is 13.6. The number of fused-ring (bicyclic) bond motifs is 3. The molecule has 2 saturated carbocycles. The number of amides is 2. The smallest absolute Gasteiger partial charge is 0.255 e. The van der Waals surface area contributed by atoms with Crippen molar-refractivity contribution in [2.24, 2.45) is 29.6 Å². The van der Waals surface area contributed by atoms with Gasteiger partial charge in [0.2, 0.25) is 5.91 Å². The van der Waals surface area contributed by atoms with Crippen molar-refractivity contribution >= 4 is 11.8 Å². The molecule has 1 aromatic rings. The molecule has 2 saturated heterocycles. The van der Waals surface area contributed by atoms with Crippen molar-refractivity contribution in [2.45, 2.75) is 76.8 Å². The van der Waals surface area contributed by atoms with Crippen molar-refractivity contribution < 1.29 is 14.3 Å². The monoisotopic (exact) mass is 462 g/mol. The zero-order valence-electron chi connectivity index (χ0n) is 20.3. The molecular formula is C29H38N2O3. The number of rotatable bonds is 5. The van der Waals surface area contributed by atoms with Crippen LogP contribution in [0.15, 0.2) is 30.5 Å². The van der Waals surface area contributed by atoms with Crippen molar-refractivity contribution in [3.8, 4) is 0 Å². The molecule has 1 aromatic carbocycles. The van der Waals surface area contributed by atoms with Crippen LogP contribution in [0.1, 0.15) is 79.3 Å². The predicted molar refractivity (Wildman–Crippen MR) is 131 cm³/mol. The Kier molecular flexibility index (Phi) is 6.00. The van der Waals surface area contributed by atoms with Crippen LogP contribution in [0.3, 0.4) is 0 Å². The lowest BCUT2D eigenvalue weighted by molar-refractivity contribution is -0.126. The van der Waals surface area contributed by atoms with Gasteiger partial charge < -0.3 is 15.0 Å². The Bertz CT molecular complexity index is 972. The third-order valence-electron chi connectivity index (χ3n) is 9.62. The largest absolute Gasteiger partial charge is 0.381 e. The normalized spacial score (nSPS) is 35.4. The molecule has 2 aliphatic carbocycles. The highest BCUT2D eigenvalue weighted by molar-refractivity contribution is 6.01. The number of ether oxygens (including phenoxy) is 1. The molecule has 182 valence electrons. The fraction of sp³-hybridized carbons (Fsp3) is 0.655. The third kappa shape index (κ3) is 4.10. The highest BCUT2D eigenvalue weighted by Crippen LogP contribution is 2.47. The van der Waals surface area contributed by atoms with Crippen LogP contribution < -0.4 is 5.32 Å². The number of hydrogen-bond acceptors (Lipinski definition) is 3. The Labute approximate surface area is 203 Å². The maximum atomic E-state index is 13.1. The summed E-state index contributed by atoms with van der Waals surface area (Å²) in [6, 6.07) is 6.07. The minimum Gasteiger partial charge on any atom is -0.381 e. The van der Waals surface area contributed by atoms with Gasteiger partial charge in [-0.15, -0.1) is 0 Å². The van der Waals surface area contributed by atoms with Crippen LogP contribution in [0.4, 0.5) is 0 Å². The van der Waals surface area contributed by atoms with Gasteiger partial charge in [0.05, 0.1) is 0 Å². The number of carbonyl (C=O) groups excluding carboxylic acids is 2. The molecule has 1 N–H and O–H groups in total. The van der Waals surface area contributed by atoms with E-state index >= 15 is 0 Å². The van der Waals surface area contributed by atoms with E-state index in [1.165, 1.54) is 50.5 Å². The van der Waals surface area contributed by atoms with Gasteiger partial charge in [-0.1, -0.05) is 38.0 Å². The van der Waals surface area contributed by atoms with Crippen LogP contribution >= 0.6 is 0 Å². The van der Waals surface area contributed by atoms with Gasteiger partial charge >= 0.3 is 0 Å². The van der Waals surface area contributed by atoms with E-state index in [1.807, 2.05) is 6.07 Å². The second kappa shape index (κ2) is 9.14. The maximum Gasteiger partial charge on any atom is 0.255 e. The van der Waals surface area contributed by atoms with Crippen LogP contribution in [0.5, 0.6) is 0 Å². The molecule has 5 aliphatic rings. The molecule has 5 nitrogen and oxygen atoms in total. The van der Waals surface area contributed by atoms with Crippen LogP contribution in [0.25, 0.3) is 0 Å². The Balaban J connectivity index is 1.14. The molecule has 5 heteroatoms. The molecule has 0 spiro atoms. The molecule has 3 aliphatic heterocycles. The van der Waals surface area contributed by atoms with E-state index < -0.39 is 0 Å². The Morgan fingerprint density at radius 1 is 1.00 bits per heavy atom. The van der Waals surface area contributed by atoms with Gasteiger partial charge in [-0.05, 0) is 91.7 Å². The van der Waals surface area contributed by atoms with E-state index in [-0.39, 0.29) is 17.9 Å². The Hall–Kier alpha value is -2.14. The minimum absolute atomic E-state index is 0.000234. The minimum atomic E-state index is -0.383. The second-order valence-electron chi connectivity index (χ2n) is 11.6. The summed E-state index contributed by atoms with van der Waals surface area (Å²) < 4.78 is 5.85. The number of nitrogens with one attached hydrogen (secondary N) is 1. The van der Waals surface area contributed by atoms with E-state index in [2.05, 4.69) is 24.0 Å². The predicted octanol–water partition coefficient (Wildman–Crippen LogP) is 4.85. The van der Waals surface area contributed by atoms with Crippen LogP contribution in [0, 0.1) is 29.6 Å². The Morgan fingerprint density at radius 2 is 1.76 bits per heavy atom. The number of nitrogens with zero attached hydrogens (tertiary/aromatic N) is 1. The lowest BCUT2D eigenvalue weighted by atomic mass is 9.69. The van der Waals surface area contributed by atoms with Gasteiger partial charge in [0.25, 0.3) is 5.91 Å². The number of benzene rings is 1. The van der Waals surface area contributed by atoms with Crippen LogP contribution in [0.2, 0.25) is 0 Å². The molecule has 2 bridgehead atoms. The maximum absolute atomic E-state index is 13.1. The summed E-state index contributed by atoms with van der Waals surface area (Å²) in [5.41, 5.74) is 3.99. The third-order valence-corrected chi connectivity index (χ3v) is 9.62. The van der Waals surface area contributed by atoms with Crippen molar-refractivity contribution in [1.82, 2.24) is 10.2 Å². The lowest BCUT2D eigenvalue weighted by Crippen LogP contribution is -2.49. The highest BCUT2D eigenvalue weighted by Gasteiger charge is 2.42. The summed E-state index contributed by atoms with van der Waals surface area (Å²) >= 11 is 0. The van der Waals surface area contributed by atoms with Gasteiger partial charge in [-0.25, -0.2) is 0 Å². The van der Waals surface area contributed by atoms with E-state index in [0.717, 1.165) is 72.5 Å². The van der Waals surface area contributed by atoms with Crippen LogP contribution in [-0.4, -0.2) is 36.0 Å². The van der Waals surface area contributed by atoms with Gasteiger partial charge in [-0.2, -0.15) is 0 Å². The van der Waals surface area contributed by atoms with E-state index in [0.29, 0.717) is 13.0 Å². The first-order chi connectivity index (χ1) is 16.6. The molecule has 34 heavy (non-hydrogen) atoms. The summed E-state index contributed by atoms with van der Waals surface area (Å²) in [4.78, 5) is 27.3. The SMILES string of the molecule is C=C1CCC(N2Cc3cc(C[C@H]4CCCC[C@@H]4CC4C5CCC4COC5)ccc3C2=O)C(=O)N1. The van der Waals surface area contributed by atoms with Crippen LogP contribution in [-0.2, 0) is 22.5 Å². The molecular weight excluding hydrogens is 424 g/mol. The molecule has 5 atom stereocenters. The number of piperidine rings is 1. The summed E-state index contributed by atoms with van der Waals surface area (Å²) in [7, 11) is 0. The quantitative estimate of drug-likeness (QED) is 0.681. The van der Waals surface area contributed by atoms with Crippen molar-refractivity contribution in [2.75, 3.05) is 13.2 Å². The van der Waals surface area contributed by atoms with E-state index in [9.17, 15) is 9.59 Å². The fourth-order valence-electron chi connectivity index (χ4n) is 7.76. The zero-order valence-corrected chi connectivity index (χ0v) is 20.3. The fourth-order valence-corrected chi connectivity index (χ4v) is 7.76. The van der Waals surface area contributed by atoms with Crippen molar-refractivity contribution in [3.63, 3.8) is 0 Å². The summed E-state index contributed by atoms with van der Waals surface area (Å²) in [6.45, 7) is 6.39. The van der Waals surface area contributed by atoms with Crippen molar-refractivity contribution in [1.29, 1.82) is 0 Å². The lowest BCUT2D eigenvalue weighted by Gasteiger charge is -2.38. The molecule has 4 fully saturated rings. The summed E-state index contributed by atoms with van der Waals surface area (Å²) in [6.07, 6.45) is 12.1. The van der Waals surface area contributed by atoms with Gasteiger partial charge in [0.15, 0.2) is 0 Å². The number of allylic oxidation sites excluding steroid dienone is 1. The molecule has 3 unspecified atom stereocenters. The molecule has 0 radical (unpaired) electrons. The van der Waals surface area contributed by atoms with E-state index in [4.69, 9.17) is 4.74 Å². The van der Waals surface area contributed by atoms with E-state index in [1.54, 1.807) is 4.90 Å². The van der Waals surface area contributed by atoms with Gasteiger partial charge in [0, 0.05) is 31.0 Å². The average molecular weight is 463 g/mol. The molecule has 6 rings (SSSR count). The molecule has 2 amide bonds. The molecule has 3 heterocycles. The average Bonchev–Trinajstić information content (AvgIpc) is 3.24. The second-order valence-corrected chi connectivity index (χ2v) is 11.6. The first kappa shape index (κ1) is 22.3.